The van der Waals surface area contributed by atoms with Crippen molar-refractivity contribution in [2.75, 3.05) is 38.3 Å². The molecule has 36 heavy (non-hydrogen) atoms. The maximum absolute atomic E-state index is 12.5. The Labute approximate surface area is 218 Å². The summed E-state index contributed by atoms with van der Waals surface area (Å²) in [5, 5.41) is 9.52. The minimum Gasteiger partial charge on any atom is -0.384 e. The Hall–Kier alpha value is -2.95. The third-order valence-electron chi connectivity index (χ3n) is 6.94. The zero-order valence-electron chi connectivity index (χ0n) is 21.2. The summed E-state index contributed by atoms with van der Waals surface area (Å²) in [4.78, 5) is 33.8. The molecule has 2 aliphatic rings. The molecule has 0 N–H and O–H groups in total. The zero-order chi connectivity index (χ0) is 25.8. The predicted octanol–water partition coefficient (Wildman–Crippen LogP) is 4.31. The smallest absolute Gasteiger partial charge is 0.225 e. The van der Waals surface area contributed by atoms with Crippen molar-refractivity contribution in [2.45, 2.75) is 56.9 Å². The summed E-state index contributed by atoms with van der Waals surface area (Å²) < 4.78 is 5.06. The van der Waals surface area contributed by atoms with E-state index in [1.54, 1.807) is 14.0 Å². The van der Waals surface area contributed by atoms with E-state index in [1.807, 2.05) is 42.2 Å². The Morgan fingerprint density at radius 1 is 1.28 bits per heavy atom. The number of ether oxygens (including phenoxy) is 1. The SMILES string of the molecule is COCCC(=O)N1CCN(c2nc(C3CC3)c(-c3cccc(CC(=O)[C@H](C)Cl)c3)cc2C#N)C[C@H]1C. The van der Waals surface area contributed by atoms with Gasteiger partial charge in [0.05, 0.1) is 29.7 Å². The number of hydrogen-bond acceptors (Lipinski definition) is 6. The predicted molar refractivity (Wildman–Crippen MR) is 140 cm³/mol. The second-order valence-electron chi connectivity index (χ2n) is 9.76. The van der Waals surface area contributed by atoms with Gasteiger partial charge in [0.25, 0.3) is 0 Å². The van der Waals surface area contributed by atoms with Crippen molar-refractivity contribution < 1.29 is 14.3 Å². The lowest BCUT2D eigenvalue weighted by Gasteiger charge is -2.41. The number of ketones is 1. The third kappa shape index (κ3) is 5.88. The molecular formula is C28H33ClN4O3. The zero-order valence-corrected chi connectivity index (χ0v) is 21.9. The monoisotopic (exact) mass is 508 g/mol. The van der Waals surface area contributed by atoms with Crippen LogP contribution in [0.15, 0.2) is 30.3 Å². The highest BCUT2D eigenvalue weighted by Crippen LogP contribution is 2.45. The van der Waals surface area contributed by atoms with E-state index in [0.29, 0.717) is 50.0 Å². The molecule has 0 unspecified atom stereocenters. The van der Waals surface area contributed by atoms with Gasteiger partial charge in [0.1, 0.15) is 11.9 Å². The van der Waals surface area contributed by atoms with Gasteiger partial charge in [-0.05, 0) is 43.9 Å². The fourth-order valence-electron chi connectivity index (χ4n) is 4.78. The molecule has 1 aromatic carbocycles. The van der Waals surface area contributed by atoms with Crippen molar-refractivity contribution >= 4 is 29.1 Å². The molecule has 1 aliphatic carbocycles. The van der Waals surface area contributed by atoms with E-state index in [4.69, 9.17) is 21.3 Å². The number of pyridine rings is 1. The molecule has 0 spiro atoms. The van der Waals surface area contributed by atoms with Crippen LogP contribution in [0.5, 0.6) is 0 Å². The average molecular weight is 509 g/mol. The molecule has 2 heterocycles. The minimum absolute atomic E-state index is 0.0130. The molecule has 4 rings (SSSR count). The maximum atomic E-state index is 12.5. The van der Waals surface area contributed by atoms with Gasteiger partial charge in [-0.3, -0.25) is 9.59 Å². The van der Waals surface area contributed by atoms with Crippen LogP contribution in [-0.2, 0) is 20.7 Å². The third-order valence-corrected chi connectivity index (χ3v) is 7.19. The van der Waals surface area contributed by atoms with Crippen LogP contribution in [0, 0.1) is 11.3 Å². The molecule has 2 aromatic rings. The molecular weight excluding hydrogens is 476 g/mol. The average Bonchev–Trinajstić information content (AvgIpc) is 3.72. The number of nitriles is 1. The molecule has 1 aromatic heterocycles. The van der Waals surface area contributed by atoms with E-state index in [2.05, 4.69) is 11.0 Å². The number of hydrogen-bond donors (Lipinski definition) is 0. The Bertz CT molecular complexity index is 1170. The molecule has 8 heteroatoms. The van der Waals surface area contributed by atoms with Crippen LogP contribution < -0.4 is 4.90 Å². The van der Waals surface area contributed by atoms with Crippen molar-refractivity contribution in [3.63, 3.8) is 0 Å². The number of amides is 1. The highest BCUT2D eigenvalue weighted by molar-refractivity contribution is 6.30. The number of alkyl halides is 1. The number of nitrogens with zero attached hydrogens (tertiary/aromatic N) is 4. The Morgan fingerprint density at radius 3 is 2.69 bits per heavy atom. The number of anilines is 1. The van der Waals surface area contributed by atoms with Crippen LogP contribution in [0.2, 0.25) is 0 Å². The number of methoxy groups -OCH3 is 1. The molecule has 0 radical (unpaired) electrons. The number of carbonyl (C=O) groups is 2. The van der Waals surface area contributed by atoms with Crippen molar-refractivity contribution in [3.05, 3.63) is 47.2 Å². The normalized spacial score (nSPS) is 18.6. The van der Waals surface area contributed by atoms with Crippen molar-refractivity contribution in [3.8, 4) is 17.2 Å². The van der Waals surface area contributed by atoms with Gasteiger partial charge in [0.2, 0.25) is 5.91 Å². The van der Waals surface area contributed by atoms with Gasteiger partial charge < -0.3 is 14.5 Å². The van der Waals surface area contributed by atoms with Crippen LogP contribution in [0.1, 0.15) is 55.8 Å². The number of carbonyl (C=O) groups excluding carboxylic acids is 2. The van der Waals surface area contributed by atoms with Gasteiger partial charge in [-0.15, -0.1) is 11.6 Å². The highest BCUT2D eigenvalue weighted by atomic mass is 35.5. The lowest BCUT2D eigenvalue weighted by Crippen LogP contribution is -2.54. The maximum Gasteiger partial charge on any atom is 0.225 e. The van der Waals surface area contributed by atoms with Crippen molar-refractivity contribution in [2.24, 2.45) is 0 Å². The standard InChI is InChI=1S/C28H33ClN4O3/c1-18-17-32(10-11-33(18)26(35)9-12-36-3)28-23(16-30)15-24(27(31-28)21-7-8-21)22-6-4-5-20(13-22)14-25(34)19(2)29/h4-6,13,15,18-19,21H,7-12,14,17H2,1-3H3/t18-,19+/m1/s1. The fraction of sp³-hybridized carbons (Fsp3) is 0.500. The van der Waals surface area contributed by atoms with Crippen LogP contribution in [0.3, 0.4) is 0 Å². The minimum atomic E-state index is -0.528. The van der Waals surface area contributed by atoms with Crippen molar-refractivity contribution in [1.82, 2.24) is 9.88 Å². The number of rotatable bonds is 9. The summed E-state index contributed by atoms with van der Waals surface area (Å²) in [6, 6.07) is 12.2. The summed E-state index contributed by atoms with van der Waals surface area (Å²) in [5.41, 5.74) is 4.34. The van der Waals surface area contributed by atoms with Crippen LogP contribution >= 0.6 is 11.6 Å². The van der Waals surface area contributed by atoms with Crippen LogP contribution in [0.25, 0.3) is 11.1 Å². The summed E-state index contributed by atoms with van der Waals surface area (Å²) in [5.74, 6) is 1.14. The first-order valence-corrected chi connectivity index (χ1v) is 13.0. The molecule has 1 amide bonds. The molecule has 1 saturated heterocycles. The molecule has 2 fully saturated rings. The van der Waals surface area contributed by atoms with Crippen molar-refractivity contribution in [1.29, 1.82) is 5.26 Å². The highest BCUT2D eigenvalue weighted by Gasteiger charge is 2.33. The molecule has 190 valence electrons. The lowest BCUT2D eigenvalue weighted by atomic mass is 9.96. The van der Waals surface area contributed by atoms with E-state index >= 15 is 0 Å². The Morgan fingerprint density at radius 2 is 2.06 bits per heavy atom. The van der Waals surface area contributed by atoms with Gasteiger partial charge in [0, 0.05) is 50.7 Å². The first-order valence-electron chi connectivity index (χ1n) is 12.6. The summed E-state index contributed by atoms with van der Waals surface area (Å²) >= 11 is 5.97. The summed E-state index contributed by atoms with van der Waals surface area (Å²) in [6.07, 6.45) is 2.80. The number of aromatic nitrogens is 1. The molecule has 0 bridgehead atoms. The van der Waals surface area contributed by atoms with Gasteiger partial charge in [-0.1, -0.05) is 24.3 Å². The van der Waals surface area contributed by atoms with E-state index < -0.39 is 5.38 Å². The lowest BCUT2D eigenvalue weighted by molar-refractivity contribution is -0.134. The largest absolute Gasteiger partial charge is 0.384 e. The summed E-state index contributed by atoms with van der Waals surface area (Å²) in [7, 11) is 1.60. The number of Topliss-reactive ketones (excluding diaryl/α,β-unsaturated/α-hetero) is 1. The number of halogens is 1. The fourth-order valence-corrected chi connectivity index (χ4v) is 4.86. The van der Waals surface area contributed by atoms with E-state index in [9.17, 15) is 14.9 Å². The number of piperazine rings is 1. The van der Waals surface area contributed by atoms with Gasteiger partial charge >= 0.3 is 0 Å². The first kappa shape index (κ1) is 26.1. The molecule has 7 nitrogen and oxygen atoms in total. The Balaban J connectivity index is 1.62. The first-order chi connectivity index (χ1) is 17.3. The second-order valence-corrected chi connectivity index (χ2v) is 10.4. The second kappa shape index (κ2) is 11.4. The number of benzene rings is 1. The molecule has 1 aliphatic heterocycles. The van der Waals surface area contributed by atoms with Gasteiger partial charge in [-0.2, -0.15) is 5.26 Å². The van der Waals surface area contributed by atoms with E-state index in [1.165, 1.54) is 0 Å². The van der Waals surface area contributed by atoms with Crippen LogP contribution in [-0.4, -0.2) is 66.3 Å². The topological polar surface area (TPSA) is 86.5 Å². The molecule has 1 saturated carbocycles. The summed E-state index contributed by atoms with van der Waals surface area (Å²) in [6.45, 7) is 5.98. The van der Waals surface area contributed by atoms with E-state index in [0.717, 1.165) is 35.2 Å². The van der Waals surface area contributed by atoms with Gasteiger partial charge in [0.15, 0.2) is 5.78 Å². The van der Waals surface area contributed by atoms with Crippen LogP contribution in [0.4, 0.5) is 5.82 Å². The quantitative estimate of drug-likeness (QED) is 0.469. The van der Waals surface area contributed by atoms with Gasteiger partial charge in [-0.25, -0.2) is 4.98 Å². The van der Waals surface area contributed by atoms with E-state index in [-0.39, 0.29) is 24.2 Å². The Kier molecular flexibility index (Phi) is 8.28. The molecule has 2 atom stereocenters.